The molecule has 1 fully saturated rings. The van der Waals surface area contributed by atoms with E-state index in [1.54, 1.807) is 17.0 Å². The predicted molar refractivity (Wildman–Crippen MR) is 99.8 cm³/mol. The molecule has 1 amide bonds. The van der Waals surface area contributed by atoms with Crippen LogP contribution >= 0.6 is 0 Å². The molecule has 0 aromatic carbocycles. The molecule has 2 aromatic rings. The van der Waals surface area contributed by atoms with E-state index in [2.05, 4.69) is 30.7 Å². The van der Waals surface area contributed by atoms with Crippen molar-refractivity contribution in [2.24, 2.45) is 0 Å². The van der Waals surface area contributed by atoms with Crippen molar-refractivity contribution in [1.82, 2.24) is 25.3 Å². The lowest BCUT2D eigenvalue weighted by molar-refractivity contribution is -0.383. The Kier molecular flexibility index (Phi) is 6.24. The van der Waals surface area contributed by atoms with E-state index in [9.17, 15) is 14.9 Å². The number of pyridine rings is 1. The average Bonchev–Trinajstić information content (AvgIpc) is 2.73. The van der Waals surface area contributed by atoms with Crippen LogP contribution in [-0.2, 0) is 0 Å². The van der Waals surface area contributed by atoms with Gasteiger partial charge in [0.1, 0.15) is 6.33 Å². The summed E-state index contributed by atoms with van der Waals surface area (Å²) in [4.78, 5) is 38.9. The second-order valence-electron chi connectivity index (χ2n) is 6.02. The minimum atomic E-state index is -0.575. The third-order valence-corrected chi connectivity index (χ3v) is 4.29. The minimum absolute atomic E-state index is 0.0678. The lowest BCUT2D eigenvalue weighted by atomic mass is 10.3. The van der Waals surface area contributed by atoms with Crippen LogP contribution in [-0.4, -0.2) is 75.1 Å². The molecule has 3 N–H and O–H groups in total. The number of aromatic nitrogens is 3. The molecule has 0 bridgehead atoms. The van der Waals surface area contributed by atoms with Gasteiger partial charge in [0.05, 0.1) is 17.1 Å². The van der Waals surface area contributed by atoms with Gasteiger partial charge in [0.2, 0.25) is 11.6 Å². The maximum Gasteiger partial charge on any atom is 0.355 e. The summed E-state index contributed by atoms with van der Waals surface area (Å²) < 4.78 is 0. The molecule has 12 nitrogen and oxygen atoms in total. The average molecular weight is 388 g/mol. The molecule has 3 heterocycles. The summed E-state index contributed by atoms with van der Waals surface area (Å²) in [5.41, 5.74) is 4.88. The molecule has 3 rings (SSSR count). The van der Waals surface area contributed by atoms with Crippen LogP contribution < -0.4 is 15.8 Å². The van der Waals surface area contributed by atoms with E-state index in [4.69, 9.17) is 5.11 Å². The molecule has 1 aliphatic rings. The van der Waals surface area contributed by atoms with E-state index < -0.39 is 10.8 Å². The fourth-order valence-electron chi connectivity index (χ4n) is 2.87. The minimum Gasteiger partial charge on any atom is -0.395 e. The highest BCUT2D eigenvalue weighted by Gasteiger charge is 2.29. The fourth-order valence-corrected chi connectivity index (χ4v) is 2.87. The number of hydrazine groups is 1. The highest BCUT2D eigenvalue weighted by Crippen LogP contribution is 2.31. The van der Waals surface area contributed by atoms with E-state index >= 15 is 0 Å². The van der Waals surface area contributed by atoms with Crippen LogP contribution in [0.15, 0.2) is 30.9 Å². The molecule has 1 saturated heterocycles. The number of hydrogen-bond acceptors (Lipinski definition) is 10. The topological polar surface area (TPSA) is 150 Å². The van der Waals surface area contributed by atoms with E-state index in [-0.39, 0.29) is 23.9 Å². The van der Waals surface area contributed by atoms with Crippen LogP contribution in [0.25, 0.3) is 0 Å². The number of piperazine rings is 1. The van der Waals surface area contributed by atoms with E-state index in [1.165, 1.54) is 18.7 Å². The SMILES string of the molecule is O=C(NNc1ncnc(N2CCN(CCO)CC2)c1[N+](=O)[O-])c1cccnc1. The zero-order valence-corrected chi connectivity index (χ0v) is 15.0. The third kappa shape index (κ3) is 4.47. The van der Waals surface area contributed by atoms with Gasteiger partial charge in [-0.25, -0.2) is 9.97 Å². The summed E-state index contributed by atoms with van der Waals surface area (Å²) in [6.45, 7) is 2.99. The maximum atomic E-state index is 12.1. The highest BCUT2D eigenvalue weighted by molar-refractivity contribution is 5.94. The number of amides is 1. The standard InChI is InChI=1S/C16H20N8O4/c25-9-8-22-4-6-23(7-5-22)15-13(24(27)28)14(18-11-19-15)20-21-16(26)12-2-1-3-17-10-12/h1-3,10-11,25H,4-9H2,(H,21,26)(H,18,19,20). The molecule has 28 heavy (non-hydrogen) atoms. The summed E-state index contributed by atoms with van der Waals surface area (Å²) >= 11 is 0. The van der Waals surface area contributed by atoms with Crippen molar-refractivity contribution in [3.63, 3.8) is 0 Å². The number of rotatable bonds is 7. The van der Waals surface area contributed by atoms with Gasteiger partial charge in [-0.1, -0.05) is 0 Å². The molecule has 0 unspecified atom stereocenters. The number of nitrogens with one attached hydrogen (secondary N) is 2. The lowest BCUT2D eigenvalue weighted by Gasteiger charge is -2.34. The van der Waals surface area contributed by atoms with E-state index in [1.807, 2.05) is 0 Å². The Balaban J connectivity index is 1.75. The van der Waals surface area contributed by atoms with Crippen molar-refractivity contribution in [1.29, 1.82) is 0 Å². The first-order valence-electron chi connectivity index (χ1n) is 8.64. The zero-order chi connectivity index (χ0) is 19.9. The van der Waals surface area contributed by atoms with Crippen molar-refractivity contribution < 1.29 is 14.8 Å². The number of nitro groups is 1. The molecule has 2 aromatic heterocycles. The highest BCUT2D eigenvalue weighted by atomic mass is 16.6. The fraction of sp³-hybridized carbons (Fsp3) is 0.375. The lowest BCUT2D eigenvalue weighted by Crippen LogP contribution is -2.47. The number of carbonyl (C=O) groups excluding carboxylic acids is 1. The van der Waals surface area contributed by atoms with Crippen molar-refractivity contribution in [3.05, 3.63) is 46.5 Å². The Morgan fingerprint density at radius 3 is 2.71 bits per heavy atom. The van der Waals surface area contributed by atoms with Crippen molar-refractivity contribution in [2.75, 3.05) is 49.7 Å². The Morgan fingerprint density at radius 2 is 2.07 bits per heavy atom. The molecule has 12 heteroatoms. The van der Waals surface area contributed by atoms with Crippen LogP contribution in [0.4, 0.5) is 17.3 Å². The number of aliphatic hydroxyl groups excluding tert-OH is 1. The quantitative estimate of drug-likeness (QED) is 0.424. The molecule has 148 valence electrons. The van der Waals surface area contributed by atoms with Crippen LogP contribution in [0.2, 0.25) is 0 Å². The Bertz CT molecular complexity index is 827. The van der Waals surface area contributed by atoms with Crippen molar-refractivity contribution in [2.45, 2.75) is 0 Å². The van der Waals surface area contributed by atoms with Gasteiger partial charge < -0.3 is 10.0 Å². The number of β-amino-alcohol motifs (C(OH)–C–C–N with tert-alkyl or cyclic N) is 1. The van der Waals surface area contributed by atoms with Gasteiger partial charge in [-0.05, 0) is 12.1 Å². The van der Waals surface area contributed by atoms with Crippen molar-refractivity contribution in [3.8, 4) is 0 Å². The van der Waals surface area contributed by atoms with Gasteiger partial charge in [0.25, 0.3) is 5.91 Å². The Labute approximate surface area is 160 Å². The number of hydrogen-bond donors (Lipinski definition) is 3. The molecule has 1 aliphatic heterocycles. The smallest absolute Gasteiger partial charge is 0.355 e. The van der Waals surface area contributed by atoms with Crippen LogP contribution in [0.3, 0.4) is 0 Å². The third-order valence-electron chi connectivity index (χ3n) is 4.29. The molecule has 0 saturated carbocycles. The van der Waals surface area contributed by atoms with Crippen LogP contribution in [0.1, 0.15) is 10.4 Å². The number of carbonyl (C=O) groups is 1. The first-order chi connectivity index (χ1) is 13.6. The second kappa shape index (κ2) is 9.01. The summed E-state index contributed by atoms with van der Waals surface area (Å²) in [5, 5.41) is 20.7. The Hall–Kier alpha value is -3.38. The maximum absolute atomic E-state index is 12.1. The molecule has 0 spiro atoms. The van der Waals surface area contributed by atoms with Gasteiger partial charge in [-0.3, -0.25) is 35.6 Å². The largest absolute Gasteiger partial charge is 0.395 e. The van der Waals surface area contributed by atoms with Gasteiger partial charge in [0.15, 0.2) is 0 Å². The zero-order valence-electron chi connectivity index (χ0n) is 15.0. The van der Waals surface area contributed by atoms with Gasteiger partial charge >= 0.3 is 5.69 Å². The summed E-state index contributed by atoms with van der Waals surface area (Å²) in [5.74, 6) is -0.424. The van der Waals surface area contributed by atoms with Gasteiger partial charge in [-0.2, -0.15) is 0 Å². The molecular weight excluding hydrogens is 368 g/mol. The van der Waals surface area contributed by atoms with E-state index in [0.717, 1.165) is 0 Å². The monoisotopic (exact) mass is 388 g/mol. The Morgan fingerprint density at radius 1 is 1.29 bits per heavy atom. The first-order valence-corrected chi connectivity index (χ1v) is 8.64. The predicted octanol–water partition coefficient (Wildman–Crippen LogP) is -0.349. The molecular formula is C16H20N8O4. The number of aliphatic hydroxyl groups is 1. The van der Waals surface area contributed by atoms with Crippen molar-refractivity contribution >= 4 is 23.2 Å². The number of anilines is 2. The second-order valence-corrected chi connectivity index (χ2v) is 6.02. The molecule has 0 radical (unpaired) electrons. The first kappa shape index (κ1) is 19.4. The summed E-state index contributed by atoms with van der Waals surface area (Å²) in [7, 11) is 0. The van der Waals surface area contributed by atoms with Crippen LogP contribution in [0.5, 0.6) is 0 Å². The van der Waals surface area contributed by atoms with Gasteiger partial charge in [-0.15, -0.1) is 0 Å². The number of nitrogens with zero attached hydrogens (tertiary/aromatic N) is 6. The normalized spacial score (nSPS) is 14.5. The molecule has 0 atom stereocenters. The summed E-state index contributed by atoms with van der Waals surface area (Å²) in [6.07, 6.45) is 4.12. The van der Waals surface area contributed by atoms with Crippen LogP contribution in [0, 0.1) is 10.1 Å². The van der Waals surface area contributed by atoms with Gasteiger partial charge in [0, 0.05) is 45.1 Å². The van der Waals surface area contributed by atoms with E-state index in [0.29, 0.717) is 38.3 Å². The molecule has 0 aliphatic carbocycles. The summed E-state index contributed by atoms with van der Waals surface area (Å²) in [6, 6.07) is 3.17.